The zero-order valence-electron chi connectivity index (χ0n) is 17.0. The molecule has 1 aromatic heterocycles. The lowest BCUT2D eigenvalue weighted by atomic mass is 10.0. The Morgan fingerprint density at radius 2 is 1.31 bits per heavy atom. The van der Waals surface area contributed by atoms with Crippen molar-refractivity contribution in [3.05, 3.63) is 59.0 Å². The van der Waals surface area contributed by atoms with Crippen molar-refractivity contribution in [3.8, 4) is 22.5 Å². The monoisotopic (exact) mass is 392 g/mol. The topological polar surface area (TPSA) is 97.3 Å². The molecule has 1 heterocycles. The predicted molar refractivity (Wildman–Crippen MR) is 115 cm³/mol. The van der Waals surface area contributed by atoms with E-state index in [1.165, 1.54) is 0 Å². The summed E-state index contributed by atoms with van der Waals surface area (Å²) in [5, 5.41) is 4.41. The summed E-state index contributed by atoms with van der Waals surface area (Å²) < 4.78 is 0.995. The lowest BCUT2D eigenvalue weighted by Gasteiger charge is -2.15. The van der Waals surface area contributed by atoms with Gasteiger partial charge in [0.15, 0.2) is 0 Å². The van der Waals surface area contributed by atoms with Gasteiger partial charge in [-0.2, -0.15) is 10.1 Å². The van der Waals surface area contributed by atoms with Crippen LogP contribution >= 0.6 is 0 Å². The average molecular weight is 392 g/mol. The number of aromatic nitrogens is 3. The van der Waals surface area contributed by atoms with E-state index in [9.17, 15) is 9.59 Å². The molecule has 29 heavy (non-hydrogen) atoms. The van der Waals surface area contributed by atoms with Gasteiger partial charge in [0.1, 0.15) is 17.9 Å². The number of benzene rings is 2. The summed E-state index contributed by atoms with van der Waals surface area (Å²) in [6, 6.07) is 15.4. The van der Waals surface area contributed by atoms with Gasteiger partial charge in [0, 0.05) is 50.7 Å². The van der Waals surface area contributed by atoms with Gasteiger partial charge in [-0.1, -0.05) is 24.3 Å². The third-order valence-electron chi connectivity index (χ3n) is 4.49. The van der Waals surface area contributed by atoms with Crippen LogP contribution in [0.15, 0.2) is 53.3 Å². The summed E-state index contributed by atoms with van der Waals surface area (Å²) in [5.74, 6) is -0.654. The van der Waals surface area contributed by atoms with E-state index in [2.05, 4.69) is 10.1 Å². The smallest absolute Gasteiger partial charge is 0.365 e. The third kappa shape index (κ3) is 4.43. The van der Waals surface area contributed by atoms with E-state index >= 15 is 0 Å². The van der Waals surface area contributed by atoms with Gasteiger partial charge in [-0.25, -0.2) is 9.48 Å². The first-order valence-electron chi connectivity index (χ1n) is 9.09. The number of carbonyl (C=O) groups excluding carboxylic acids is 1. The molecule has 0 bridgehead atoms. The van der Waals surface area contributed by atoms with Gasteiger partial charge in [0.05, 0.1) is 0 Å². The molecular formula is C21H24N6O2. The Balaban J connectivity index is 2.17. The fraction of sp³-hybridized carbons (Fsp3) is 0.238. The van der Waals surface area contributed by atoms with Crippen LogP contribution in [-0.2, 0) is 11.3 Å². The highest BCUT2D eigenvalue weighted by molar-refractivity contribution is 5.79. The van der Waals surface area contributed by atoms with Crippen molar-refractivity contribution in [2.24, 2.45) is 5.73 Å². The third-order valence-corrected chi connectivity index (χ3v) is 4.49. The first-order chi connectivity index (χ1) is 13.8. The Hall–Kier alpha value is -3.68. The SMILES string of the molecule is CN(C)c1ccc(-c2nc(=O)n(CC(N)=O)nc2-c2ccc(N(C)C)cc2)cc1. The molecule has 0 aliphatic rings. The van der Waals surface area contributed by atoms with E-state index in [-0.39, 0.29) is 6.54 Å². The molecule has 8 heteroatoms. The normalized spacial score (nSPS) is 10.6. The van der Waals surface area contributed by atoms with Gasteiger partial charge in [0.25, 0.3) is 0 Å². The van der Waals surface area contributed by atoms with Gasteiger partial charge in [-0.3, -0.25) is 4.79 Å². The van der Waals surface area contributed by atoms with Crippen LogP contribution in [0, 0.1) is 0 Å². The number of carbonyl (C=O) groups is 1. The van der Waals surface area contributed by atoms with Gasteiger partial charge < -0.3 is 15.5 Å². The molecule has 0 fully saturated rings. The molecule has 1 amide bonds. The number of nitrogens with two attached hydrogens (primary N) is 1. The molecule has 0 saturated carbocycles. The molecule has 0 unspecified atom stereocenters. The van der Waals surface area contributed by atoms with E-state index in [4.69, 9.17) is 5.73 Å². The van der Waals surface area contributed by atoms with E-state index < -0.39 is 11.6 Å². The van der Waals surface area contributed by atoms with Crippen molar-refractivity contribution in [2.45, 2.75) is 6.54 Å². The summed E-state index contributed by atoms with van der Waals surface area (Å²) in [5.41, 5.74) is 9.20. The van der Waals surface area contributed by atoms with Gasteiger partial charge in [0.2, 0.25) is 5.91 Å². The number of amides is 1. The Morgan fingerprint density at radius 1 is 0.862 bits per heavy atom. The molecule has 2 N–H and O–H groups in total. The first-order valence-corrected chi connectivity index (χ1v) is 9.09. The second-order valence-electron chi connectivity index (χ2n) is 7.10. The van der Waals surface area contributed by atoms with Crippen molar-refractivity contribution in [2.75, 3.05) is 38.0 Å². The zero-order valence-corrected chi connectivity index (χ0v) is 17.0. The quantitative estimate of drug-likeness (QED) is 0.684. The fourth-order valence-corrected chi connectivity index (χ4v) is 2.90. The maximum Gasteiger partial charge on any atom is 0.365 e. The van der Waals surface area contributed by atoms with Gasteiger partial charge >= 0.3 is 5.69 Å². The number of hydrogen-bond donors (Lipinski definition) is 1. The van der Waals surface area contributed by atoms with Crippen molar-refractivity contribution in [1.82, 2.24) is 14.8 Å². The number of hydrogen-bond acceptors (Lipinski definition) is 6. The summed E-state index contributed by atoms with van der Waals surface area (Å²) in [6.07, 6.45) is 0. The first kappa shape index (κ1) is 20.1. The molecule has 0 aliphatic carbocycles. The minimum atomic E-state index is -0.654. The standard InChI is InChI=1S/C21H24N6O2/c1-25(2)16-9-5-14(6-10-16)19-20(15-7-11-17(12-8-15)26(3)4)24-27(13-18(22)28)21(29)23-19/h5-12H,13H2,1-4H3,(H2,22,28). The molecular weight excluding hydrogens is 368 g/mol. The van der Waals surface area contributed by atoms with E-state index in [0.717, 1.165) is 27.2 Å². The van der Waals surface area contributed by atoms with Crippen molar-refractivity contribution >= 4 is 17.3 Å². The summed E-state index contributed by atoms with van der Waals surface area (Å²) in [4.78, 5) is 31.9. The van der Waals surface area contributed by atoms with Crippen LogP contribution in [0.4, 0.5) is 11.4 Å². The number of anilines is 2. The molecule has 0 radical (unpaired) electrons. The highest BCUT2D eigenvalue weighted by Gasteiger charge is 2.16. The average Bonchev–Trinajstić information content (AvgIpc) is 2.69. The van der Waals surface area contributed by atoms with Crippen LogP contribution in [0.2, 0.25) is 0 Å². The molecule has 3 rings (SSSR count). The fourth-order valence-electron chi connectivity index (χ4n) is 2.90. The lowest BCUT2D eigenvalue weighted by Crippen LogP contribution is -2.32. The summed E-state index contributed by atoms with van der Waals surface area (Å²) >= 11 is 0. The molecule has 3 aromatic rings. The minimum absolute atomic E-state index is 0.325. The number of nitrogens with zero attached hydrogens (tertiary/aromatic N) is 5. The molecule has 2 aromatic carbocycles. The predicted octanol–water partition coefficient (Wildman–Crippen LogP) is 1.59. The Bertz CT molecular complexity index is 1070. The van der Waals surface area contributed by atoms with E-state index in [1.54, 1.807) is 0 Å². The van der Waals surface area contributed by atoms with Crippen LogP contribution in [0.5, 0.6) is 0 Å². The highest BCUT2D eigenvalue weighted by atomic mass is 16.2. The van der Waals surface area contributed by atoms with Crippen molar-refractivity contribution in [1.29, 1.82) is 0 Å². The zero-order chi connectivity index (χ0) is 21.1. The molecule has 0 atom stereocenters. The van der Waals surface area contributed by atoms with Crippen LogP contribution in [0.1, 0.15) is 0 Å². The van der Waals surface area contributed by atoms with Crippen LogP contribution in [-0.4, -0.2) is 48.9 Å². The summed E-state index contributed by atoms with van der Waals surface area (Å²) in [6.45, 7) is -0.325. The van der Waals surface area contributed by atoms with Crippen LogP contribution < -0.4 is 21.2 Å². The molecule has 0 aliphatic heterocycles. The van der Waals surface area contributed by atoms with Gasteiger partial charge in [-0.15, -0.1) is 0 Å². The second-order valence-corrected chi connectivity index (χ2v) is 7.10. The molecule has 150 valence electrons. The maximum atomic E-state index is 12.4. The molecule has 8 nitrogen and oxygen atoms in total. The number of primary amides is 1. The van der Waals surface area contributed by atoms with E-state index in [0.29, 0.717) is 11.4 Å². The summed E-state index contributed by atoms with van der Waals surface area (Å²) in [7, 11) is 7.83. The van der Waals surface area contributed by atoms with Crippen molar-refractivity contribution in [3.63, 3.8) is 0 Å². The van der Waals surface area contributed by atoms with Crippen LogP contribution in [0.3, 0.4) is 0 Å². The lowest BCUT2D eigenvalue weighted by molar-refractivity contribution is -0.118. The Kier molecular flexibility index (Phi) is 5.63. The Morgan fingerprint density at radius 3 is 1.72 bits per heavy atom. The Labute approximate surface area is 169 Å². The second kappa shape index (κ2) is 8.14. The van der Waals surface area contributed by atoms with Crippen LogP contribution in [0.25, 0.3) is 22.5 Å². The van der Waals surface area contributed by atoms with E-state index in [1.807, 2.05) is 86.5 Å². The maximum absolute atomic E-state index is 12.4. The largest absolute Gasteiger partial charge is 0.378 e. The minimum Gasteiger partial charge on any atom is -0.378 e. The van der Waals surface area contributed by atoms with Crippen molar-refractivity contribution < 1.29 is 4.79 Å². The van der Waals surface area contributed by atoms with Gasteiger partial charge in [-0.05, 0) is 24.3 Å². The number of rotatable bonds is 6. The molecule has 0 saturated heterocycles. The molecule has 0 spiro atoms. The highest BCUT2D eigenvalue weighted by Crippen LogP contribution is 2.29.